The van der Waals surface area contributed by atoms with Gasteiger partial charge in [-0.25, -0.2) is 28.2 Å². The number of urea groups is 1. The number of ether oxygens (including phenoxy) is 1. The Labute approximate surface area is 257 Å². The number of carbonyl (C=O) groups excluding carboxylic acids is 1. The number of amides is 2. The van der Waals surface area contributed by atoms with Gasteiger partial charge in [0.1, 0.15) is 16.4 Å². The van der Waals surface area contributed by atoms with E-state index < -0.39 is 37.3 Å². The summed E-state index contributed by atoms with van der Waals surface area (Å²) in [6.07, 6.45) is -3.07. The first-order valence-corrected chi connectivity index (χ1v) is 15.7. The average Bonchev–Trinajstić information content (AvgIpc) is 3.85. The zero-order valence-electron chi connectivity index (χ0n) is 24.1. The fraction of sp³-hybridized carbons (Fsp3) is 0.290. The molecule has 2 N–H and O–H groups in total. The lowest BCUT2D eigenvalue weighted by molar-refractivity contribution is -0.139. The number of hydrogen-bond acceptors (Lipinski definition) is 8. The van der Waals surface area contributed by atoms with Crippen LogP contribution in [0.3, 0.4) is 0 Å². The molecule has 1 aliphatic heterocycles. The Morgan fingerprint density at radius 1 is 1.00 bits per heavy atom. The molecule has 0 unspecified atom stereocenters. The predicted molar refractivity (Wildman–Crippen MR) is 162 cm³/mol. The summed E-state index contributed by atoms with van der Waals surface area (Å²) in [7, 11) is -4.51. The van der Waals surface area contributed by atoms with E-state index in [-0.39, 0.29) is 30.4 Å². The van der Waals surface area contributed by atoms with Crippen LogP contribution in [-0.4, -0.2) is 55.2 Å². The van der Waals surface area contributed by atoms with E-state index in [1.54, 1.807) is 54.7 Å². The van der Waals surface area contributed by atoms with Crippen LogP contribution in [0.15, 0.2) is 83.9 Å². The second-order valence-electron chi connectivity index (χ2n) is 10.9. The Kier molecular flexibility index (Phi) is 7.95. The SMILES string of the molecule is C[C@H]1COCCN1c1cc(C2(S(=O)(=O)c3ccccc3C(F)(F)F)CC2)nc(-c2ccc(NC(=O)Nc3ccccn3)cc2)n1. The molecule has 0 spiro atoms. The molecule has 2 aromatic carbocycles. The fourth-order valence-electron chi connectivity index (χ4n) is 5.35. The van der Waals surface area contributed by atoms with E-state index in [9.17, 15) is 26.4 Å². The minimum Gasteiger partial charge on any atom is -0.377 e. The Morgan fingerprint density at radius 3 is 2.40 bits per heavy atom. The third-order valence-corrected chi connectivity index (χ3v) is 10.4. The Balaban J connectivity index is 1.37. The van der Waals surface area contributed by atoms with E-state index in [0.717, 1.165) is 12.1 Å². The van der Waals surface area contributed by atoms with Crippen LogP contribution in [0.4, 0.5) is 35.3 Å². The number of pyridine rings is 1. The highest BCUT2D eigenvalue weighted by atomic mass is 32.2. The second-order valence-corrected chi connectivity index (χ2v) is 13.1. The second kappa shape index (κ2) is 11.7. The van der Waals surface area contributed by atoms with Crippen LogP contribution in [0.5, 0.6) is 0 Å². The van der Waals surface area contributed by atoms with E-state index in [1.165, 1.54) is 12.1 Å². The standard InChI is InChI=1S/C31H29F3N6O4S/c1-20-19-44-17-16-40(20)27-18-25(30(13-14-30)45(42,43)24-7-3-2-6-23(24)31(32,33)34)37-28(39-27)21-9-11-22(12-10-21)36-29(41)38-26-8-4-5-15-35-26/h2-12,15,18,20H,13-14,16-17,19H2,1H3,(H2,35,36,38,41)/t20-/m0/s1. The lowest BCUT2D eigenvalue weighted by atomic mass is 10.1. The van der Waals surface area contributed by atoms with Crippen molar-refractivity contribution in [2.75, 3.05) is 35.3 Å². The van der Waals surface area contributed by atoms with Crippen molar-refractivity contribution in [1.29, 1.82) is 0 Å². The lowest BCUT2D eigenvalue weighted by Gasteiger charge is -2.35. The summed E-state index contributed by atoms with van der Waals surface area (Å²) < 4.78 is 73.7. The van der Waals surface area contributed by atoms with Gasteiger partial charge in [0, 0.05) is 30.1 Å². The van der Waals surface area contributed by atoms with Crippen LogP contribution in [0, 0.1) is 0 Å². The van der Waals surface area contributed by atoms with Crippen molar-refractivity contribution in [1.82, 2.24) is 15.0 Å². The van der Waals surface area contributed by atoms with Crippen LogP contribution in [0.1, 0.15) is 31.0 Å². The monoisotopic (exact) mass is 638 g/mol. The van der Waals surface area contributed by atoms with Gasteiger partial charge in [0.15, 0.2) is 15.7 Å². The van der Waals surface area contributed by atoms with E-state index in [4.69, 9.17) is 9.72 Å². The first-order chi connectivity index (χ1) is 21.5. The van der Waals surface area contributed by atoms with Gasteiger partial charge in [0.2, 0.25) is 0 Å². The van der Waals surface area contributed by atoms with Gasteiger partial charge in [-0.3, -0.25) is 5.32 Å². The Bertz CT molecular complexity index is 1820. The Morgan fingerprint density at radius 2 is 1.73 bits per heavy atom. The summed E-state index contributed by atoms with van der Waals surface area (Å²) in [5.74, 6) is 1.04. The van der Waals surface area contributed by atoms with Crippen LogP contribution in [0.2, 0.25) is 0 Å². The van der Waals surface area contributed by atoms with Crippen molar-refractivity contribution in [2.24, 2.45) is 0 Å². The molecule has 2 amide bonds. The number of anilines is 3. The molecule has 1 atom stereocenters. The van der Waals surface area contributed by atoms with E-state index in [0.29, 0.717) is 42.6 Å². The number of nitrogens with one attached hydrogen (secondary N) is 2. The van der Waals surface area contributed by atoms with Crippen molar-refractivity contribution in [2.45, 2.75) is 41.6 Å². The number of alkyl halides is 3. The molecule has 1 saturated carbocycles. The fourth-order valence-corrected chi connectivity index (χ4v) is 7.52. The molecule has 2 aliphatic rings. The highest BCUT2D eigenvalue weighted by molar-refractivity contribution is 7.92. The van der Waals surface area contributed by atoms with Crippen molar-refractivity contribution < 1.29 is 31.1 Å². The number of carbonyl (C=O) groups is 1. The number of hydrogen-bond donors (Lipinski definition) is 2. The normalized spacial score (nSPS) is 17.9. The van der Waals surface area contributed by atoms with Crippen molar-refractivity contribution >= 4 is 33.2 Å². The number of aromatic nitrogens is 3. The summed E-state index contributed by atoms with van der Waals surface area (Å²) in [6, 6.07) is 17.0. The first kappa shape index (κ1) is 30.5. The van der Waals surface area contributed by atoms with Crippen LogP contribution < -0.4 is 15.5 Å². The van der Waals surface area contributed by atoms with Crippen LogP contribution >= 0.6 is 0 Å². The number of rotatable bonds is 7. The first-order valence-electron chi connectivity index (χ1n) is 14.2. The van der Waals surface area contributed by atoms with E-state index in [1.807, 2.05) is 11.8 Å². The maximum atomic E-state index is 14.0. The van der Waals surface area contributed by atoms with Crippen LogP contribution in [0.25, 0.3) is 11.4 Å². The molecular formula is C31H29F3N6O4S. The third-order valence-electron chi connectivity index (χ3n) is 7.85. The molecule has 4 aromatic rings. The maximum Gasteiger partial charge on any atom is 0.417 e. The third kappa shape index (κ3) is 6.07. The molecule has 2 aromatic heterocycles. The van der Waals surface area contributed by atoms with Crippen molar-refractivity contribution in [3.8, 4) is 11.4 Å². The van der Waals surface area contributed by atoms with Gasteiger partial charge in [0.05, 0.1) is 35.4 Å². The predicted octanol–water partition coefficient (Wildman–Crippen LogP) is 5.89. The number of nitrogens with zero attached hydrogens (tertiary/aromatic N) is 4. The summed E-state index contributed by atoms with van der Waals surface area (Å²) in [5, 5.41) is 5.34. The maximum absolute atomic E-state index is 14.0. The summed E-state index contributed by atoms with van der Waals surface area (Å²) in [4.78, 5) is 27.1. The minimum atomic E-state index is -4.85. The largest absolute Gasteiger partial charge is 0.417 e. The van der Waals surface area contributed by atoms with Gasteiger partial charge in [-0.2, -0.15) is 13.2 Å². The van der Waals surface area contributed by atoms with Gasteiger partial charge in [-0.05, 0) is 68.3 Å². The van der Waals surface area contributed by atoms with Gasteiger partial charge in [-0.1, -0.05) is 18.2 Å². The van der Waals surface area contributed by atoms with Crippen molar-refractivity contribution in [3.05, 3.63) is 90.3 Å². The molecule has 2 fully saturated rings. The molecule has 1 aliphatic carbocycles. The molecule has 1 saturated heterocycles. The average molecular weight is 639 g/mol. The zero-order valence-corrected chi connectivity index (χ0v) is 24.9. The molecule has 0 bridgehead atoms. The van der Waals surface area contributed by atoms with Gasteiger partial charge in [0.25, 0.3) is 0 Å². The summed E-state index contributed by atoms with van der Waals surface area (Å²) in [5.41, 5.74) is -0.0770. The lowest BCUT2D eigenvalue weighted by Crippen LogP contribution is -2.44. The van der Waals surface area contributed by atoms with E-state index in [2.05, 4.69) is 20.6 Å². The molecule has 3 heterocycles. The van der Waals surface area contributed by atoms with E-state index >= 15 is 0 Å². The minimum absolute atomic E-state index is 0.0868. The van der Waals surface area contributed by atoms with Crippen LogP contribution in [-0.2, 0) is 25.5 Å². The molecule has 0 radical (unpaired) electrons. The van der Waals surface area contributed by atoms with Crippen molar-refractivity contribution in [3.63, 3.8) is 0 Å². The zero-order chi connectivity index (χ0) is 31.8. The smallest absolute Gasteiger partial charge is 0.377 e. The topological polar surface area (TPSA) is 126 Å². The number of morpholine rings is 1. The van der Waals surface area contributed by atoms with Gasteiger partial charge in [-0.15, -0.1) is 0 Å². The molecule has 10 nitrogen and oxygen atoms in total. The molecule has 14 heteroatoms. The quantitative estimate of drug-likeness (QED) is 0.257. The number of sulfone groups is 1. The van der Waals surface area contributed by atoms with Gasteiger partial charge >= 0.3 is 12.2 Å². The molecular weight excluding hydrogens is 609 g/mol. The number of benzene rings is 2. The summed E-state index contributed by atoms with van der Waals surface area (Å²) in [6.45, 7) is 3.29. The van der Waals surface area contributed by atoms with Gasteiger partial charge < -0.3 is 15.0 Å². The number of halogens is 3. The molecule has 45 heavy (non-hydrogen) atoms. The molecule has 6 rings (SSSR count). The molecule has 234 valence electrons. The highest BCUT2D eigenvalue weighted by Gasteiger charge is 2.59. The Hall–Kier alpha value is -4.56. The summed E-state index contributed by atoms with van der Waals surface area (Å²) >= 11 is 0. The highest BCUT2D eigenvalue weighted by Crippen LogP contribution is 2.56.